The zero-order valence-electron chi connectivity index (χ0n) is 10.2. The molecule has 3 heteroatoms. The molecular weight excluding hydrogens is 186 g/mol. The van der Waals surface area contributed by atoms with Crippen molar-refractivity contribution in [3.8, 4) is 0 Å². The lowest BCUT2D eigenvalue weighted by molar-refractivity contribution is 0.0508. The predicted molar refractivity (Wildman–Crippen MR) is 63.9 cm³/mol. The molecule has 0 spiro atoms. The van der Waals surface area contributed by atoms with Crippen LogP contribution in [0.4, 0.5) is 0 Å². The lowest BCUT2D eigenvalue weighted by Gasteiger charge is -2.46. The van der Waals surface area contributed by atoms with E-state index in [1.54, 1.807) is 0 Å². The van der Waals surface area contributed by atoms with Crippen molar-refractivity contribution in [2.45, 2.75) is 31.2 Å². The first kappa shape index (κ1) is 11.4. The molecule has 0 atom stereocenters. The Kier molecular flexibility index (Phi) is 3.33. The number of likely N-dealkylation sites (N-methyl/N-ethyl adjacent to an activating group) is 1. The average Bonchev–Trinajstić information content (AvgIpc) is 3.03. The first-order valence-electron chi connectivity index (χ1n) is 6.26. The van der Waals surface area contributed by atoms with Crippen molar-refractivity contribution >= 4 is 0 Å². The van der Waals surface area contributed by atoms with Gasteiger partial charge in [0.1, 0.15) is 0 Å². The van der Waals surface area contributed by atoms with Gasteiger partial charge in [0.05, 0.1) is 0 Å². The summed E-state index contributed by atoms with van der Waals surface area (Å²) in [5.74, 6) is 0.970. The molecule has 0 aromatic rings. The second kappa shape index (κ2) is 4.40. The summed E-state index contributed by atoms with van der Waals surface area (Å²) in [5, 5.41) is 0. The fourth-order valence-electron chi connectivity index (χ4n) is 2.66. The molecule has 0 unspecified atom stereocenters. The molecule has 1 aliphatic carbocycles. The Bertz CT molecular complexity index is 205. The molecule has 88 valence electrons. The van der Waals surface area contributed by atoms with Crippen molar-refractivity contribution in [1.29, 1.82) is 0 Å². The molecule has 1 heterocycles. The van der Waals surface area contributed by atoms with Gasteiger partial charge < -0.3 is 10.6 Å². The Hall–Kier alpha value is -0.120. The van der Waals surface area contributed by atoms with Crippen molar-refractivity contribution in [2.24, 2.45) is 11.7 Å². The number of nitrogens with two attached hydrogens (primary N) is 1. The fourth-order valence-corrected chi connectivity index (χ4v) is 2.66. The molecule has 1 saturated carbocycles. The van der Waals surface area contributed by atoms with E-state index in [0.29, 0.717) is 5.54 Å². The maximum atomic E-state index is 6.02. The summed E-state index contributed by atoms with van der Waals surface area (Å²) in [6.07, 6.45) is 5.35. The molecule has 0 aromatic carbocycles. The van der Waals surface area contributed by atoms with Crippen LogP contribution in [0.3, 0.4) is 0 Å². The van der Waals surface area contributed by atoms with Crippen LogP contribution in [0, 0.1) is 5.92 Å². The van der Waals surface area contributed by atoms with Crippen LogP contribution in [0.1, 0.15) is 25.7 Å². The number of rotatable bonds is 4. The normalized spacial score (nSPS) is 27.2. The third-order valence-corrected chi connectivity index (χ3v) is 4.34. The highest BCUT2D eigenvalue weighted by atomic mass is 15.2. The molecule has 0 aromatic heterocycles. The summed E-state index contributed by atoms with van der Waals surface area (Å²) in [7, 11) is 4.48. The lowest BCUT2D eigenvalue weighted by Crippen LogP contribution is -2.58. The third kappa shape index (κ3) is 2.52. The molecule has 0 bridgehead atoms. The van der Waals surface area contributed by atoms with E-state index in [2.05, 4.69) is 23.9 Å². The standard InChI is InChI=1S/C12H25N3/c1-14-7-5-12(10-13,6-8-14)15(2)9-11-3-4-11/h11H,3-10,13H2,1-2H3. The molecule has 3 nitrogen and oxygen atoms in total. The van der Waals surface area contributed by atoms with Crippen molar-refractivity contribution in [3.05, 3.63) is 0 Å². The maximum Gasteiger partial charge on any atom is 0.0353 e. The number of likely N-dealkylation sites (tertiary alicyclic amines) is 1. The van der Waals surface area contributed by atoms with E-state index in [-0.39, 0.29) is 0 Å². The smallest absolute Gasteiger partial charge is 0.0353 e. The molecule has 1 saturated heterocycles. The van der Waals surface area contributed by atoms with E-state index in [0.717, 1.165) is 12.5 Å². The van der Waals surface area contributed by atoms with Gasteiger partial charge in [-0.05, 0) is 58.8 Å². The van der Waals surface area contributed by atoms with Gasteiger partial charge in [-0.3, -0.25) is 4.90 Å². The van der Waals surface area contributed by atoms with Gasteiger partial charge >= 0.3 is 0 Å². The van der Waals surface area contributed by atoms with E-state index in [9.17, 15) is 0 Å². The molecule has 0 radical (unpaired) electrons. The zero-order chi connectivity index (χ0) is 10.9. The van der Waals surface area contributed by atoms with E-state index in [1.165, 1.54) is 45.3 Å². The summed E-state index contributed by atoms with van der Waals surface area (Å²) in [6.45, 7) is 4.49. The molecule has 15 heavy (non-hydrogen) atoms. The number of nitrogens with zero attached hydrogens (tertiary/aromatic N) is 2. The van der Waals surface area contributed by atoms with Gasteiger partial charge in [0, 0.05) is 18.6 Å². The third-order valence-electron chi connectivity index (χ3n) is 4.34. The van der Waals surface area contributed by atoms with Gasteiger partial charge in [-0.25, -0.2) is 0 Å². The van der Waals surface area contributed by atoms with Crippen molar-refractivity contribution < 1.29 is 0 Å². The minimum atomic E-state index is 0.301. The summed E-state index contributed by atoms with van der Waals surface area (Å²) in [6, 6.07) is 0. The lowest BCUT2D eigenvalue weighted by atomic mass is 9.86. The maximum absolute atomic E-state index is 6.02. The van der Waals surface area contributed by atoms with Gasteiger partial charge in [-0.15, -0.1) is 0 Å². The highest BCUT2D eigenvalue weighted by molar-refractivity contribution is 4.96. The van der Waals surface area contributed by atoms with Crippen LogP contribution in [0.2, 0.25) is 0 Å². The van der Waals surface area contributed by atoms with E-state index >= 15 is 0 Å². The molecule has 2 fully saturated rings. The van der Waals surface area contributed by atoms with Crippen molar-refractivity contribution in [2.75, 3.05) is 40.3 Å². The van der Waals surface area contributed by atoms with Crippen LogP contribution in [0.5, 0.6) is 0 Å². The van der Waals surface area contributed by atoms with Crippen LogP contribution >= 0.6 is 0 Å². The van der Waals surface area contributed by atoms with Gasteiger partial charge in [0.25, 0.3) is 0 Å². The van der Waals surface area contributed by atoms with Crippen LogP contribution < -0.4 is 5.73 Å². The molecule has 1 aliphatic heterocycles. The summed E-state index contributed by atoms with van der Waals surface area (Å²) < 4.78 is 0. The fraction of sp³-hybridized carbons (Fsp3) is 1.00. The number of piperidine rings is 1. The highest BCUT2D eigenvalue weighted by Gasteiger charge is 2.38. The first-order valence-corrected chi connectivity index (χ1v) is 6.26. The quantitative estimate of drug-likeness (QED) is 0.745. The van der Waals surface area contributed by atoms with Gasteiger partial charge in [0.15, 0.2) is 0 Å². The zero-order valence-corrected chi connectivity index (χ0v) is 10.2. The molecule has 0 amide bonds. The highest BCUT2D eigenvalue weighted by Crippen LogP contribution is 2.34. The van der Waals surface area contributed by atoms with Gasteiger partial charge in [-0.1, -0.05) is 0 Å². The van der Waals surface area contributed by atoms with E-state index < -0.39 is 0 Å². The average molecular weight is 211 g/mol. The minimum absolute atomic E-state index is 0.301. The Morgan fingerprint density at radius 1 is 1.33 bits per heavy atom. The topological polar surface area (TPSA) is 32.5 Å². The van der Waals surface area contributed by atoms with E-state index in [4.69, 9.17) is 5.73 Å². The Morgan fingerprint density at radius 2 is 1.93 bits per heavy atom. The van der Waals surface area contributed by atoms with Crippen molar-refractivity contribution in [1.82, 2.24) is 9.80 Å². The monoisotopic (exact) mass is 211 g/mol. The SMILES string of the molecule is CN1CCC(CN)(N(C)CC2CC2)CC1. The van der Waals surface area contributed by atoms with Crippen LogP contribution in [-0.4, -0.2) is 55.6 Å². The number of hydrogen-bond acceptors (Lipinski definition) is 3. The summed E-state index contributed by atoms with van der Waals surface area (Å²) >= 11 is 0. The largest absolute Gasteiger partial charge is 0.329 e. The second-order valence-electron chi connectivity index (χ2n) is 5.56. The summed E-state index contributed by atoms with van der Waals surface area (Å²) in [4.78, 5) is 4.97. The molecule has 2 aliphatic rings. The molecular formula is C12H25N3. The second-order valence-corrected chi connectivity index (χ2v) is 5.56. The Morgan fingerprint density at radius 3 is 2.40 bits per heavy atom. The van der Waals surface area contributed by atoms with Crippen LogP contribution in [-0.2, 0) is 0 Å². The van der Waals surface area contributed by atoms with Crippen molar-refractivity contribution in [3.63, 3.8) is 0 Å². The molecule has 2 N–H and O–H groups in total. The van der Waals surface area contributed by atoms with Gasteiger partial charge in [0.2, 0.25) is 0 Å². The Balaban J connectivity index is 1.93. The predicted octanol–water partition coefficient (Wildman–Crippen LogP) is 0.751. The van der Waals surface area contributed by atoms with Crippen LogP contribution in [0.25, 0.3) is 0 Å². The van der Waals surface area contributed by atoms with E-state index in [1.807, 2.05) is 0 Å². The Labute approximate surface area is 93.6 Å². The minimum Gasteiger partial charge on any atom is -0.329 e. The molecule has 2 rings (SSSR count). The first-order chi connectivity index (χ1) is 7.16. The van der Waals surface area contributed by atoms with Crippen LogP contribution in [0.15, 0.2) is 0 Å². The van der Waals surface area contributed by atoms with Gasteiger partial charge in [-0.2, -0.15) is 0 Å². The summed E-state index contributed by atoms with van der Waals surface area (Å²) in [5.41, 5.74) is 6.32. The number of hydrogen-bond donors (Lipinski definition) is 1.